The highest BCUT2D eigenvalue weighted by Crippen LogP contribution is 2.21. The van der Waals surface area contributed by atoms with Gasteiger partial charge in [-0.3, -0.25) is 4.90 Å². The van der Waals surface area contributed by atoms with Gasteiger partial charge in [-0.15, -0.1) is 0 Å². The predicted molar refractivity (Wildman–Crippen MR) is 73.2 cm³/mol. The van der Waals surface area contributed by atoms with Crippen LogP contribution in [0, 0.1) is 5.41 Å². The highest BCUT2D eigenvalue weighted by Gasteiger charge is 2.24. The zero-order valence-corrected chi connectivity index (χ0v) is 12.2. The molecule has 1 unspecified atom stereocenters. The van der Waals surface area contributed by atoms with E-state index in [2.05, 4.69) is 44.4 Å². The normalized spacial score (nSPS) is 22.1. The van der Waals surface area contributed by atoms with Gasteiger partial charge in [-0.05, 0) is 25.7 Å². The first-order chi connectivity index (χ1) is 7.80. The molecular weight excluding hydrogens is 212 g/mol. The first-order valence-corrected chi connectivity index (χ1v) is 6.95. The van der Waals surface area contributed by atoms with Crippen LogP contribution in [0.3, 0.4) is 0 Å². The van der Waals surface area contributed by atoms with Crippen LogP contribution in [0.5, 0.6) is 0 Å². The molecule has 3 heteroatoms. The van der Waals surface area contributed by atoms with Gasteiger partial charge in [-0.1, -0.05) is 20.8 Å². The van der Waals surface area contributed by atoms with Crippen LogP contribution >= 0.6 is 0 Å². The average Bonchev–Trinajstić information content (AvgIpc) is 2.25. The first-order valence-electron chi connectivity index (χ1n) is 6.95. The van der Waals surface area contributed by atoms with Crippen molar-refractivity contribution in [1.82, 2.24) is 9.80 Å². The Balaban J connectivity index is 2.23. The molecule has 0 aliphatic carbocycles. The fourth-order valence-electron chi connectivity index (χ4n) is 2.24. The van der Waals surface area contributed by atoms with Gasteiger partial charge >= 0.3 is 0 Å². The van der Waals surface area contributed by atoms with Gasteiger partial charge in [0.1, 0.15) is 0 Å². The van der Waals surface area contributed by atoms with Crippen molar-refractivity contribution in [2.75, 3.05) is 32.7 Å². The van der Waals surface area contributed by atoms with Crippen molar-refractivity contribution < 1.29 is 5.11 Å². The van der Waals surface area contributed by atoms with Gasteiger partial charge in [-0.2, -0.15) is 0 Å². The molecule has 102 valence electrons. The Morgan fingerprint density at radius 2 is 1.59 bits per heavy atom. The third-order valence-corrected chi connectivity index (χ3v) is 3.86. The number of piperazine rings is 1. The number of hydrogen-bond acceptors (Lipinski definition) is 3. The van der Waals surface area contributed by atoms with Gasteiger partial charge in [0.05, 0.1) is 6.10 Å². The molecule has 1 atom stereocenters. The van der Waals surface area contributed by atoms with Crippen LogP contribution < -0.4 is 0 Å². The second-order valence-corrected chi connectivity index (χ2v) is 6.64. The predicted octanol–water partition coefficient (Wildman–Crippen LogP) is 1.81. The SMILES string of the molecule is CC(C)N1CCN(CCC(O)C(C)(C)C)CC1. The molecule has 0 aromatic carbocycles. The zero-order valence-electron chi connectivity index (χ0n) is 12.2. The van der Waals surface area contributed by atoms with Crippen molar-refractivity contribution in [2.24, 2.45) is 5.41 Å². The number of aliphatic hydroxyl groups excluding tert-OH is 1. The molecule has 3 nitrogen and oxygen atoms in total. The Bertz CT molecular complexity index is 215. The maximum absolute atomic E-state index is 10.0. The minimum atomic E-state index is -0.189. The van der Waals surface area contributed by atoms with Gasteiger partial charge in [-0.25, -0.2) is 0 Å². The van der Waals surface area contributed by atoms with Crippen LogP contribution in [0.25, 0.3) is 0 Å². The molecule has 1 heterocycles. The summed E-state index contributed by atoms with van der Waals surface area (Å²) in [6.07, 6.45) is 0.705. The third kappa shape index (κ3) is 4.94. The Morgan fingerprint density at radius 1 is 1.06 bits per heavy atom. The fraction of sp³-hybridized carbons (Fsp3) is 1.00. The van der Waals surface area contributed by atoms with E-state index in [9.17, 15) is 5.11 Å². The lowest BCUT2D eigenvalue weighted by molar-refractivity contribution is 0.0360. The molecule has 17 heavy (non-hydrogen) atoms. The minimum absolute atomic E-state index is 0.0136. The third-order valence-electron chi connectivity index (χ3n) is 3.86. The summed E-state index contributed by atoms with van der Waals surface area (Å²) in [6.45, 7) is 16.5. The fourth-order valence-corrected chi connectivity index (χ4v) is 2.24. The van der Waals surface area contributed by atoms with Crippen LogP contribution in [0.4, 0.5) is 0 Å². The molecule has 1 rings (SSSR count). The van der Waals surface area contributed by atoms with E-state index in [4.69, 9.17) is 0 Å². The standard InChI is InChI=1S/C14H30N2O/c1-12(2)16-10-8-15(9-11-16)7-6-13(17)14(3,4)5/h12-13,17H,6-11H2,1-5H3. The molecule has 0 aromatic heterocycles. The summed E-state index contributed by atoms with van der Waals surface area (Å²) in [5, 5.41) is 10.0. The van der Waals surface area contributed by atoms with Crippen LogP contribution in [-0.4, -0.2) is 59.8 Å². The molecule has 1 N–H and O–H groups in total. The minimum Gasteiger partial charge on any atom is -0.393 e. The van der Waals surface area contributed by atoms with Crippen molar-refractivity contribution in [3.05, 3.63) is 0 Å². The maximum Gasteiger partial charge on any atom is 0.0600 e. The number of hydrogen-bond donors (Lipinski definition) is 1. The van der Waals surface area contributed by atoms with Gasteiger partial charge in [0.25, 0.3) is 0 Å². The van der Waals surface area contributed by atoms with Gasteiger partial charge in [0.2, 0.25) is 0 Å². The molecule has 0 bridgehead atoms. The van der Waals surface area contributed by atoms with Crippen LogP contribution in [-0.2, 0) is 0 Å². The van der Waals surface area contributed by atoms with E-state index >= 15 is 0 Å². The average molecular weight is 242 g/mol. The van der Waals surface area contributed by atoms with E-state index in [1.54, 1.807) is 0 Å². The maximum atomic E-state index is 10.0. The van der Waals surface area contributed by atoms with Crippen molar-refractivity contribution in [2.45, 2.75) is 53.2 Å². The number of aliphatic hydroxyl groups is 1. The summed E-state index contributed by atoms with van der Waals surface area (Å²) in [5.74, 6) is 0. The van der Waals surface area contributed by atoms with Gasteiger partial charge in [0, 0.05) is 38.8 Å². The van der Waals surface area contributed by atoms with E-state index in [0.29, 0.717) is 6.04 Å². The Morgan fingerprint density at radius 3 is 2.00 bits per heavy atom. The lowest BCUT2D eigenvalue weighted by Gasteiger charge is -2.37. The summed E-state index contributed by atoms with van der Waals surface area (Å²) in [4.78, 5) is 5.00. The Labute approximate surface area is 107 Å². The summed E-state index contributed by atoms with van der Waals surface area (Å²) in [6, 6.07) is 0.664. The quantitative estimate of drug-likeness (QED) is 0.814. The second-order valence-electron chi connectivity index (χ2n) is 6.64. The van der Waals surface area contributed by atoms with E-state index in [0.717, 1.165) is 26.1 Å². The van der Waals surface area contributed by atoms with E-state index in [1.165, 1.54) is 13.1 Å². The Hall–Kier alpha value is -0.120. The summed E-state index contributed by atoms with van der Waals surface area (Å²) in [7, 11) is 0. The van der Waals surface area contributed by atoms with Gasteiger partial charge < -0.3 is 10.0 Å². The largest absolute Gasteiger partial charge is 0.393 e. The topological polar surface area (TPSA) is 26.7 Å². The molecule has 1 fully saturated rings. The smallest absolute Gasteiger partial charge is 0.0600 e. The number of nitrogens with zero attached hydrogens (tertiary/aromatic N) is 2. The lowest BCUT2D eigenvalue weighted by Crippen LogP contribution is -2.49. The van der Waals surface area contributed by atoms with Crippen LogP contribution in [0.1, 0.15) is 41.0 Å². The van der Waals surface area contributed by atoms with Crippen LogP contribution in [0.2, 0.25) is 0 Å². The molecule has 1 aliphatic rings. The molecule has 0 radical (unpaired) electrons. The summed E-state index contributed by atoms with van der Waals surface area (Å²) < 4.78 is 0. The molecular formula is C14H30N2O. The lowest BCUT2D eigenvalue weighted by atomic mass is 9.87. The zero-order chi connectivity index (χ0) is 13.1. The molecule has 1 aliphatic heterocycles. The van der Waals surface area contributed by atoms with Gasteiger partial charge in [0.15, 0.2) is 0 Å². The number of rotatable bonds is 4. The van der Waals surface area contributed by atoms with E-state index in [1.807, 2.05) is 0 Å². The van der Waals surface area contributed by atoms with Crippen molar-refractivity contribution in [3.63, 3.8) is 0 Å². The molecule has 0 saturated carbocycles. The second kappa shape index (κ2) is 6.17. The van der Waals surface area contributed by atoms with Crippen LogP contribution in [0.15, 0.2) is 0 Å². The first kappa shape index (κ1) is 14.9. The highest BCUT2D eigenvalue weighted by atomic mass is 16.3. The van der Waals surface area contributed by atoms with Crippen molar-refractivity contribution in [3.8, 4) is 0 Å². The summed E-state index contributed by atoms with van der Waals surface area (Å²) in [5.41, 5.74) is 0.0136. The Kier molecular flexibility index (Phi) is 5.42. The molecule has 0 spiro atoms. The molecule has 0 amide bonds. The molecule has 0 aromatic rings. The van der Waals surface area contributed by atoms with E-state index < -0.39 is 0 Å². The van der Waals surface area contributed by atoms with Crippen molar-refractivity contribution >= 4 is 0 Å². The van der Waals surface area contributed by atoms with E-state index in [-0.39, 0.29) is 11.5 Å². The molecule has 1 saturated heterocycles. The summed E-state index contributed by atoms with van der Waals surface area (Å²) >= 11 is 0. The monoisotopic (exact) mass is 242 g/mol. The van der Waals surface area contributed by atoms with Crippen molar-refractivity contribution in [1.29, 1.82) is 0 Å². The highest BCUT2D eigenvalue weighted by molar-refractivity contribution is 4.77.